The van der Waals surface area contributed by atoms with Crippen LogP contribution in [0.4, 0.5) is 0 Å². The topological polar surface area (TPSA) is 354 Å². The monoisotopic (exact) mass is 1070 g/mol. The molecule has 9 atom stereocenters. The Balaban J connectivity index is 6.42. The molecule has 0 spiro atoms. The van der Waals surface area contributed by atoms with Crippen LogP contribution in [-0.2, 0) is 47.9 Å². The molecule has 22 nitrogen and oxygen atoms in total. The molecule has 0 saturated heterocycles. The van der Waals surface area contributed by atoms with Gasteiger partial charge in [0.15, 0.2) is 0 Å². The second-order valence-corrected chi connectivity index (χ2v) is 22.5. The molecule has 13 N–H and O–H groups in total. The van der Waals surface area contributed by atoms with Crippen molar-refractivity contribution < 1.29 is 63.3 Å². The molecule has 0 aliphatic rings. The number of amides is 9. The van der Waals surface area contributed by atoms with Crippen molar-refractivity contribution in [3.05, 3.63) is 0 Å². The van der Waals surface area contributed by atoms with E-state index in [1.165, 1.54) is 0 Å². The van der Waals surface area contributed by atoms with Gasteiger partial charge in [0.25, 0.3) is 0 Å². The summed E-state index contributed by atoms with van der Waals surface area (Å²) in [5.41, 5.74) is 5.45. The van der Waals surface area contributed by atoms with Crippen molar-refractivity contribution in [1.29, 1.82) is 0 Å². The summed E-state index contributed by atoms with van der Waals surface area (Å²) < 4.78 is 0. The zero-order valence-corrected chi connectivity index (χ0v) is 47.3. The fourth-order valence-corrected chi connectivity index (χ4v) is 8.22. The van der Waals surface area contributed by atoms with E-state index < -0.39 is 126 Å². The van der Waals surface area contributed by atoms with Crippen LogP contribution in [0.15, 0.2) is 0 Å². The molecule has 0 fully saturated rings. The second-order valence-electron chi connectivity index (χ2n) is 22.5. The molecule has 0 aliphatic heterocycles. The van der Waals surface area contributed by atoms with Gasteiger partial charge < -0.3 is 63.6 Å². The molecule has 0 bridgehead atoms. The fraction of sp³-hybridized carbons (Fsp3) is 0.811. The van der Waals surface area contributed by atoms with Gasteiger partial charge in [-0.15, -0.1) is 0 Å². The summed E-state index contributed by atoms with van der Waals surface area (Å²) in [4.78, 5) is 134. The molecule has 0 unspecified atom stereocenters. The average Bonchev–Trinajstić information content (AvgIpc) is 3.28. The van der Waals surface area contributed by atoms with Crippen molar-refractivity contribution in [1.82, 2.24) is 42.5 Å². The molecule has 0 aliphatic carbocycles. The van der Waals surface area contributed by atoms with Gasteiger partial charge in [-0.3, -0.25) is 43.2 Å². The molecule has 22 heteroatoms. The minimum Gasteiger partial charge on any atom is -0.480 e. The standard InChI is InChI=1S/C53H97N9O13/c1-14-15-16-17-18-19-35(64)27-44(66)55-37(22-29(2)3)47(68)58-38(23-30(4)5)48(69)56-36(20-21-43(54)65)46(67)57-39(24-31(6)7)50(71)61-42(28-63)51(72)62-45(34(12)13)52(73)59-40(25-32(8)9)49(70)60-41(53(74)75)26-33(10)11/h29-42,45,63-64H,14-28H2,1-13H3,(H2,54,65)(H,55,66)(H,56,69)(H,57,67)(H,58,68)(H,59,73)(H,60,70)(H,61,71)(H,62,72)(H,74,75)/t35-,36-,37+,38+,39+,40-,41+,42-,45+/m1/s1. The summed E-state index contributed by atoms with van der Waals surface area (Å²) >= 11 is 0. The molecule has 0 radical (unpaired) electrons. The van der Waals surface area contributed by atoms with Crippen molar-refractivity contribution in [3.63, 3.8) is 0 Å². The van der Waals surface area contributed by atoms with E-state index in [2.05, 4.69) is 49.5 Å². The van der Waals surface area contributed by atoms with Gasteiger partial charge in [-0.05, 0) is 80.5 Å². The third-order valence-electron chi connectivity index (χ3n) is 12.1. The average molecular weight is 1070 g/mol. The molecule has 0 rings (SSSR count). The van der Waals surface area contributed by atoms with Gasteiger partial charge in [0.2, 0.25) is 53.2 Å². The van der Waals surface area contributed by atoms with E-state index >= 15 is 0 Å². The van der Waals surface area contributed by atoms with Gasteiger partial charge >= 0.3 is 5.97 Å². The van der Waals surface area contributed by atoms with Crippen LogP contribution in [0.5, 0.6) is 0 Å². The molecular weight excluding hydrogens is 971 g/mol. The van der Waals surface area contributed by atoms with Crippen LogP contribution >= 0.6 is 0 Å². The lowest BCUT2D eigenvalue weighted by molar-refractivity contribution is -0.143. The van der Waals surface area contributed by atoms with Crippen molar-refractivity contribution in [2.45, 2.75) is 234 Å². The summed E-state index contributed by atoms with van der Waals surface area (Å²) in [5.74, 6) is -9.54. The van der Waals surface area contributed by atoms with E-state index in [4.69, 9.17) is 5.73 Å². The zero-order valence-electron chi connectivity index (χ0n) is 47.3. The minimum absolute atomic E-state index is 0.00492. The number of nitrogens with two attached hydrogens (primary N) is 1. The van der Waals surface area contributed by atoms with Crippen LogP contribution in [-0.4, -0.2) is 135 Å². The number of carboxylic acids is 1. The van der Waals surface area contributed by atoms with E-state index in [-0.39, 0.29) is 81.0 Å². The van der Waals surface area contributed by atoms with Gasteiger partial charge in [0, 0.05) is 6.42 Å². The third kappa shape index (κ3) is 30.1. The fourth-order valence-electron chi connectivity index (χ4n) is 8.22. The summed E-state index contributed by atoms with van der Waals surface area (Å²) in [6.07, 6.45) is 4.15. The first kappa shape index (κ1) is 69.6. The third-order valence-corrected chi connectivity index (χ3v) is 12.1. The van der Waals surface area contributed by atoms with Crippen molar-refractivity contribution >= 4 is 59.1 Å². The van der Waals surface area contributed by atoms with Crippen molar-refractivity contribution in [2.24, 2.45) is 41.2 Å². The van der Waals surface area contributed by atoms with E-state index in [1.807, 2.05) is 41.5 Å². The van der Waals surface area contributed by atoms with E-state index in [9.17, 15) is 63.3 Å². The van der Waals surface area contributed by atoms with Gasteiger partial charge in [-0.25, -0.2) is 4.79 Å². The molecular formula is C53H97N9O13. The van der Waals surface area contributed by atoms with Gasteiger partial charge in [-0.2, -0.15) is 0 Å². The normalized spacial score (nSPS) is 15.2. The summed E-state index contributed by atoms with van der Waals surface area (Å²) in [7, 11) is 0. The van der Waals surface area contributed by atoms with Crippen LogP contribution in [0.25, 0.3) is 0 Å². The Bertz CT molecular complexity index is 1830. The number of aliphatic hydroxyl groups is 2. The number of primary amides is 1. The van der Waals surface area contributed by atoms with Crippen LogP contribution in [0.3, 0.4) is 0 Å². The molecule has 75 heavy (non-hydrogen) atoms. The smallest absolute Gasteiger partial charge is 0.326 e. The Morgan fingerprint density at radius 1 is 0.427 bits per heavy atom. The van der Waals surface area contributed by atoms with E-state index in [0.29, 0.717) is 6.42 Å². The number of hydrogen-bond donors (Lipinski definition) is 12. The van der Waals surface area contributed by atoms with Crippen LogP contribution < -0.4 is 48.3 Å². The summed E-state index contributed by atoms with van der Waals surface area (Å²) in [6.45, 7) is 22.5. The first-order valence-corrected chi connectivity index (χ1v) is 27.1. The molecule has 0 aromatic carbocycles. The predicted molar refractivity (Wildman–Crippen MR) is 285 cm³/mol. The Morgan fingerprint density at radius 3 is 1.16 bits per heavy atom. The Morgan fingerprint density at radius 2 is 0.773 bits per heavy atom. The van der Waals surface area contributed by atoms with E-state index in [1.54, 1.807) is 41.5 Å². The first-order valence-electron chi connectivity index (χ1n) is 27.1. The molecule has 0 aromatic heterocycles. The highest BCUT2D eigenvalue weighted by atomic mass is 16.4. The van der Waals surface area contributed by atoms with Crippen LogP contribution in [0.1, 0.15) is 180 Å². The van der Waals surface area contributed by atoms with Gasteiger partial charge in [0.05, 0.1) is 19.1 Å². The number of aliphatic hydroxyl groups excluding tert-OH is 2. The number of carbonyl (C=O) groups is 10. The molecule has 0 aromatic rings. The first-order chi connectivity index (χ1) is 34.9. The molecule has 0 heterocycles. The maximum atomic E-state index is 14.1. The lowest BCUT2D eigenvalue weighted by Gasteiger charge is -2.29. The Kier molecular flexibility index (Phi) is 34.0. The predicted octanol–water partition coefficient (Wildman–Crippen LogP) is 2.21. The molecule has 0 saturated carbocycles. The number of unbranched alkanes of at least 4 members (excludes halogenated alkanes) is 4. The maximum Gasteiger partial charge on any atom is 0.326 e. The highest BCUT2D eigenvalue weighted by molar-refractivity contribution is 5.98. The lowest BCUT2D eigenvalue weighted by Crippen LogP contribution is -2.61. The van der Waals surface area contributed by atoms with Gasteiger partial charge in [-0.1, -0.05) is 122 Å². The van der Waals surface area contributed by atoms with Crippen molar-refractivity contribution in [3.8, 4) is 0 Å². The Labute approximate surface area is 445 Å². The second kappa shape index (κ2) is 36.6. The summed E-state index contributed by atoms with van der Waals surface area (Å²) in [5, 5.41) is 51.3. The van der Waals surface area contributed by atoms with Gasteiger partial charge in [0.1, 0.15) is 48.3 Å². The van der Waals surface area contributed by atoms with Crippen molar-refractivity contribution in [2.75, 3.05) is 6.61 Å². The highest BCUT2D eigenvalue weighted by Gasteiger charge is 2.36. The maximum absolute atomic E-state index is 14.1. The number of aliphatic carboxylic acids is 1. The zero-order chi connectivity index (χ0) is 57.7. The van der Waals surface area contributed by atoms with E-state index in [0.717, 1.165) is 32.1 Å². The number of rotatable bonds is 39. The molecule has 9 amide bonds. The number of carboxylic acid groups (broad SMARTS) is 1. The Hall–Kier alpha value is -5.38. The SMILES string of the molecule is CCCCCCC[C@@H](O)CC(=O)N[C@@H](CC(C)C)C(=O)N[C@@H](CC(C)C)C(=O)N[C@H](CCC(N)=O)C(=O)N[C@@H](CC(C)C)C(=O)N[C@H](CO)C(=O)N[C@H](C(=O)N[C@H](CC(C)C)C(=O)N[C@@H](CC(C)C)C(=O)O)C(C)C. The number of hydrogen-bond acceptors (Lipinski definition) is 12. The lowest BCUT2D eigenvalue weighted by atomic mass is 9.98. The largest absolute Gasteiger partial charge is 0.480 e. The molecule has 432 valence electrons. The van der Waals surface area contributed by atoms with Crippen LogP contribution in [0.2, 0.25) is 0 Å². The summed E-state index contributed by atoms with van der Waals surface area (Å²) in [6, 6.07) is -10.5. The number of carbonyl (C=O) groups excluding carboxylic acids is 9. The highest BCUT2D eigenvalue weighted by Crippen LogP contribution is 2.15. The minimum atomic E-state index is -1.65. The van der Waals surface area contributed by atoms with Crippen LogP contribution in [0, 0.1) is 35.5 Å². The number of nitrogens with one attached hydrogen (secondary N) is 8. The quantitative estimate of drug-likeness (QED) is 0.0394.